The molecule has 4 fully saturated rings. The molecule has 4 heteroatoms. The standard InChI is InChI=1S/C37H56F2O2/c1-3-5-6-7-26-8-10-27(11-9-26)28-12-14-29(15-13-28)30-16-18-31(19-17-30)34-22-20-32(25-41-34)33-21-23-35(40-24-4-2)37(39)36(33)38/h3,5,21,23,26-32,34H,4,6-20,22,24-25H2,1-2H3/b5-3+. The molecule has 1 heterocycles. The molecule has 0 N–H and O–H groups in total. The molecule has 230 valence electrons. The lowest BCUT2D eigenvalue weighted by atomic mass is 9.64. The van der Waals surface area contributed by atoms with Gasteiger partial charge < -0.3 is 9.47 Å². The molecule has 1 saturated heterocycles. The molecule has 4 aliphatic rings. The predicted octanol–water partition coefficient (Wildman–Crippen LogP) is 10.8. The Morgan fingerprint density at radius 2 is 1.34 bits per heavy atom. The Morgan fingerprint density at radius 1 is 0.756 bits per heavy atom. The van der Waals surface area contributed by atoms with Crippen LogP contribution in [0.2, 0.25) is 0 Å². The largest absolute Gasteiger partial charge is 0.490 e. The van der Waals surface area contributed by atoms with E-state index in [0.717, 1.165) is 48.9 Å². The molecule has 0 amide bonds. The summed E-state index contributed by atoms with van der Waals surface area (Å²) in [5.41, 5.74) is 0.446. The summed E-state index contributed by atoms with van der Waals surface area (Å²) in [6, 6.07) is 3.29. The number of allylic oxidation sites excluding steroid dienone is 2. The monoisotopic (exact) mass is 570 g/mol. The molecule has 2 atom stereocenters. The van der Waals surface area contributed by atoms with E-state index in [0.29, 0.717) is 24.7 Å². The molecule has 5 rings (SSSR count). The summed E-state index contributed by atoms with van der Waals surface area (Å²) in [7, 11) is 0. The first-order valence-corrected chi connectivity index (χ1v) is 17.4. The van der Waals surface area contributed by atoms with Crippen LogP contribution in [0.4, 0.5) is 8.78 Å². The van der Waals surface area contributed by atoms with E-state index >= 15 is 0 Å². The van der Waals surface area contributed by atoms with Gasteiger partial charge in [-0.3, -0.25) is 0 Å². The molecule has 41 heavy (non-hydrogen) atoms. The lowest BCUT2D eigenvalue weighted by Gasteiger charge is -2.43. The maximum Gasteiger partial charge on any atom is 0.200 e. The van der Waals surface area contributed by atoms with Crippen molar-refractivity contribution in [3.8, 4) is 5.75 Å². The van der Waals surface area contributed by atoms with Crippen LogP contribution >= 0.6 is 0 Å². The van der Waals surface area contributed by atoms with E-state index in [4.69, 9.17) is 9.47 Å². The van der Waals surface area contributed by atoms with Crippen LogP contribution in [0.3, 0.4) is 0 Å². The summed E-state index contributed by atoms with van der Waals surface area (Å²) < 4.78 is 41.1. The summed E-state index contributed by atoms with van der Waals surface area (Å²) in [6.45, 7) is 4.99. The van der Waals surface area contributed by atoms with Gasteiger partial charge in [0.2, 0.25) is 5.82 Å². The van der Waals surface area contributed by atoms with Crippen molar-refractivity contribution < 1.29 is 18.3 Å². The van der Waals surface area contributed by atoms with Gasteiger partial charge in [0.1, 0.15) is 0 Å². The van der Waals surface area contributed by atoms with Crippen molar-refractivity contribution in [2.75, 3.05) is 13.2 Å². The minimum atomic E-state index is -0.853. The fourth-order valence-electron chi connectivity index (χ4n) is 9.10. The second-order valence-corrected chi connectivity index (χ2v) is 14.1. The van der Waals surface area contributed by atoms with Crippen molar-refractivity contribution in [3.05, 3.63) is 41.5 Å². The Labute approximate surface area is 249 Å². The summed E-state index contributed by atoms with van der Waals surface area (Å²) >= 11 is 0. The van der Waals surface area contributed by atoms with Crippen LogP contribution < -0.4 is 4.74 Å². The first-order valence-electron chi connectivity index (χ1n) is 17.4. The lowest BCUT2D eigenvalue weighted by molar-refractivity contribution is -0.0471. The van der Waals surface area contributed by atoms with Gasteiger partial charge in [0, 0.05) is 5.92 Å². The molecule has 1 aliphatic heterocycles. The third kappa shape index (κ3) is 7.95. The Bertz CT molecular complexity index is 944. The predicted molar refractivity (Wildman–Crippen MR) is 164 cm³/mol. The van der Waals surface area contributed by atoms with Gasteiger partial charge in [0.25, 0.3) is 0 Å². The zero-order valence-electron chi connectivity index (χ0n) is 25.9. The molecule has 0 aromatic heterocycles. The van der Waals surface area contributed by atoms with E-state index in [-0.39, 0.29) is 17.8 Å². The number of ether oxygens (including phenoxy) is 2. The van der Waals surface area contributed by atoms with Crippen LogP contribution in [0.1, 0.15) is 134 Å². The first-order chi connectivity index (χ1) is 20.1. The Balaban J connectivity index is 1.00. The van der Waals surface area contributed by atoms with E-state index in [1.54, 1.807) is 12.1 Å². The highest BCUT2D eigenvalue weighted by molar-refractivity contribution is 5.33. The molecule has 1 aromatic carbocycles. The molecule has 0 spiro atoms. The summed E-state index contributed by atoms with van der Waals surface area (Å²) in [5, 5.41) is 0. The van der Waals surface area contributed by atoms with Gasteiger partial charge >= 0.3 is 0 Å². The molecule has 2 unspecified atom stereocenters. The molecular formula is C37H56F2O2. The van der Waals surface area contributed by atoms with Crippen molar-refractivity contribution in [2.24, 2.45) is 35.5 Å². The third-order valence-electron chi connectivity index (χ3n) is 11.7. The number of halogens is 2. The number of hydrogen-bond acceptors (Lipinski definition) is 2. The number of hydrogen-bond donors (Lipinski definition) is 0. The quantitative estimate of drug-likeness (QED) is 0.261. The average molecular weight is 571 g/mol. The van der Waals surface area contributed by atoms with E-state index in [2.05, 4.69) is 19.1 Å². The minimum absolute atomic E-state index is 0.0197. The summed E-state index contributed by atoms with van der Waals surface area (Å²) in [4.78, 5) is 0. The topological polar surface area (TPSA) is 18.5 Å². The minimum Gasteiger partial charge on any atom is -0.490 e. The van der Waals surface area contributed by atoms with Crippen LogP contribution in [-0.2, 0) is 4.74 Å². The highest BCUT2D eigenvalue weighted by Gasteiger charge is 2.37. The van der Waals surface area contributed by atoms with Crippen LogP contribution in [0, 0.1) is 47.1 Å². The Kier molecular flexibility index (Phi) is 11.6. The second-order valence-electron chi connectivity index (χ2n) is 14.1. The third-order valence-corrected chi connectivity index (χ3v) is 11.7. The van der Waals surface area contributed by atoms with Crippen molar-refractivity contribution in [3.63, 3.8) is 0 Å². The van der Waals surface area contributed by atoms with Crippen LogP contribution in [-0.4, -0.2) is 19.3 Å². The zero-order chi connectivity index (χ0) is 28.6. The molecule has 3 saturated carbocycles. The molecular weight excluding hydrogens is 514 g/mol. The van der Waals surface area contributed by atoms with E-state index in [1.165, 1.54) is 89.9 Å². The maximum atomic E-state index is 14.8. The Hall–Kier alpha value is -1.42. The summed E-state index contributed by atoms with van der Waals surface area (Å²) in [6.07, 6.45) is 27.2. The highest BCUT2D eigenvalue weighted by atomic mass is 19.2. The molecule has 3 aliphatic carbocycles. The van der Waals surface area contributed by atoms with Crippen molar-refractivity contribution in [1.82, 2.24) is 0 Å². The highest BCUT2D eigenvalue weighted by Crippen LogP contribution is 2.47. The second kappa shape index (κ2) is 15.3. The van der Waals surface area contributed by atoms with Gasteiger partial charge in [-0.05, 0) is 150 Å². The van der Waals surface area contributed by atoms with Crippen molar-refractivity contribution >= 4 is 0 Å². The fourth-order valence-corrected chi connectivity index (χ4v) is 9.10. The van der Waals surface area contributed by atoms with Gasteiger partial charge in [0.05, 0.1) is 19.3 Å². The van der Waals surface area contributed by atoms with Crippen molar-refractivity contribution in [2.45, 2.75) is 135 Å². The van der Waals surface area contributed by atoms with Crippen LogP contribution in [0.25, 0.3) is 0 Å². The smallest absolute Gasteiger partial charge is 0.200 e. The SMILES string of the molecule is C/C=C/CCC1CCC(C2CCC(C3CCC(C4CCC(c5ccc(OCCC)c(F)c5F)CO4)CC3)CC2)CC1. The van der Waals surface area contributed by atoms with E-state index in [1.807, 2.05) is 6.92 Å². The zero-order valence-corrected chi connectivity index (χ0v) is 25.9. The normalized spacial score (nSPS) is 35.0. The molecule has 0 radical (unpaired) electrons. The number of rotatable bonds is 10. The first kappa shape index (κ1) is 31.0. The summed E-state index contributed by atoms with van der Waals surface area (Å²) in [5.74, 6) is 3.83. The lowest BCUT2D eigenvalue weighted by Crippen LogP contribution is -2.35. The van der Waals surface area contributed by atoms with Gasteiger partial charge in [-0.1, -0.05) is 38.0 Å². The van der Waals surface area contributed by atoms with E-state index in [9.17, 15) is 8.78 Å². The van der Waals surface area contributed by atoms with Gasteiger partial charge in [-0.25, -0.2) is 4.39 Å². The fraction of sp³-hybridized carbons (Fsp3) is 0.784. The molecule has 0 bridgehead atoms. The van der Waals surface area contributed by atoms with Crippen molar-refractivity contribution in [1.29, 1.82) is 0 Å². The van der Waals surface area contributed by atoms with Gasteiger partial charge in [-0.2, -0.15) is 4.39 Å². The molecule has 2 nitrogen and oxygen atoms in total. The molecule has 1 aromatic rings. The Morgan fingerprint density at radius 3 is 1.88 bits per heavy atom. The average Bonchev–Trinajstić information content (AvgIpc) is 3.03. The number of benzene rings is 1. The van der Waals surface area contributed by atoms with Gasteiger partial charge in [0.15, 0.2) is 11.6 Å². The maximum absolute atomic E-state index is 14.8. The van der Waals surface area contributed by atoms with Crippen LogP contribution in [0.15, 0.2) is 24.3 Å². The van der Waals surface area contributed by atoms with Crippen LogP contribution in [0.5, 0.6) is 5.75 Å². The van der Waals surface area contributed by atoms with E-state index < -0.39 is 11.6 Å². The van der Waals surface area contributed by atoms with Gasteiger partial charge in [-0.15, -0.1) is 0 Å².